The van der Waals surface area contributed by atoms with E-state index in [2.05, 4.69) is 31.0 Å². The fourth-order valence-corrected chi connectivity index (χ4v) is 7.97. The van der Waals surface area contributed by atoms with E-state index in [1.165, 1.54) is 0 Å². The first-order valence-electron chi connectivity index (χ1n) is 14.6. The van der Waals surface area contributed by atoms with Gasteiger partial charge in [-0.3, -0.25) is 60.7 Å². The molecule has 24 nitrogen and oxygen atoms in total. The molecule has 2 heterocycles. The Hall–Kier alpha value is -6.20. The molecular formula is C28H16Cl2CuN12O12S4. The largest absolute Gasteiger partial charge is 2.00 e. The second-order valence-corrected chi connectivity index (χ2v) is 14.6. The van der Waals surface area contributed by atoms with Gasteiger partial charge in [0.05, 0.1) is 53.8 Å². The Kier molecular flexibility index (Phi) is 18.3. The van der Waals surface area contributed by atoms with Gasteiger partial charge in [0.2, 0.25) is 10.3 Å². The van der Waals surface area contributed by atoms with Crippen LogP contribution in [0.4, 0.5) is 55.8 Å². The standard InChI is InChI=1S/2C14H8N6O6S2.2ClH.Cu/c2*21-18(22)9-6-10(19(23)24)12(11(7-9)20(25)26)27-14-17-16-13(28-14)15-8-4-2-1-3-5-8;;;/h2*1-7H,(H,15,16);2*1H;/q;;;;+2/p-2. The molecule has 0 aliphatic carbocycles. The molecule has 59 heavy (non-hydrogen) atoms. The van der Waals surface area contributed by atoms with Crippen LogP contribution in [0.3, 0.4) is 0 Å². The SMILES string of the molecule is O=[N+]([O-])c1cc([N+](=O)[O-])c(Sc2nnc(Nc3ccccc3)s2)c([N+](=O)[O-])c1.O=[N+]([O-])c1cc([N+](=O)[O-])c(Sc2nnc(Nc3ccccc3)s2)c([N+](=O)[O-])c1.[Cl-].[Cl-].[Cu+2]. The Balaban J connectivity index is 0.000000387. The van der Waals surface area contributed by atoms with Crippen LogP contribution in [-0.4, -0.2) is 49.9 Å². The Morgan fingerprint density at radius 1 is 0.458 bits per heavy atom. The Morgan fingerprint density at radius 2 is 0.746 bits per heavy atom. The van der Waals surface area contributed by atoms with Crippen molar-refractivity contribution >= 4 is 102 Å². The molecule has 2 N–H and O–H groups in total. The zero-order valence-corrected chi connectivity index (χ0v) is 33.9. The molecule has 309 valence electrons. The fourth-order valence-electron chi connectivity index (χ4n) is 4.20. The summed E-state index contributed by atoms with van der Waals surface area (Å²) in [4.78, 5) is 60.9. The maximum atomic E-state index is 11.3. The number of nitro benzene ring substituents is 6. The van der Waals surface area contributed by atoms with Crippen LogP contribution in [0.15, 0.2) is 103 Å². The van der Waals surface area contributed by atoms with Gasteiger partial charge in [0.1, 0.15) is 0 Å². The summed E-state index contributed by atoms with van der Waals surface area (Å²) in [5.41, 5.74) is -3.02. The zero-order chi connectivity index (χ0) is 40.5. The van der Waals surface area contributed by atoms with Gasteiger partial charge in [-0.2, -0.15) is 0 Å². The maximum absolute atomic E-state index is 11.3. The number of aromatic nitrogens is 4. The number of benzene rings is 4. The Bertz CT molecular complexity index is 2270. The molecule has 0 aliphatic rings. The van der Waals surface area contributed by atoms with Crippen LogP contribution in [-0.2, 0) is 17.1 Å². The van der Waals surface area contributed by atoms with Crippen molar-refractivity contribution in [1.29, 1.82) is 0 Å². The molecule has 0 saturated carbocycles. The average molecular weight is 975 g/mol. The molecule has 0 fully saturated rings. The van der Waals surface area contributed by atoms with Crippen molar-refractivity contribution in [3.05, 3.63) is 146 Å². The summed E-state index contributed by atoms with van der Waals surface area (Å²) < 4.78 is 0.386. The first-order chi connectivity index (χ1) is 26.7. The number of hydrogen-bond acceptors (Lipinski definition) is 22. The molecule has 0 amide bonds. The van der Waals surface area contributed by atoms with Crippen LogP contribution in [0, 0.1) is 60.7 Å². The molecule has 0 spiro atoms. The molecule has 31 heteroatoms. The van der Waals surface area contributed by atoms with Crippen LogP contribution in [0.25, 0.3) is 0 Å². The first kappa shape index (κ1) is 48.9. The van der Waals surface area contributed by atoms with Gasteiger partial charge in [-0.15, -0.1) is 20.4 Å². The molecule has 6 aromatic rings. The van der Waals surface area contributed by atoms with E-state index in [4.69, 9.17) is 0 Å². The van der Waals surface area contributed by atoms with Crippen molar-refractivity contribution in [2.24, 2.45) is 0 Å². The number of anilines is 4. The van der Waals surface area contributed by atoms with Crippen LogP contribution < -0.4 is 35.4 Å². The summed E-state index contributed by atoms with van der Waals surface area (Å²) in [6, 6.07) is 20.8. The third-order valence-corrected chi connectivity index (χ3v) is 10.5. The molecule has 0 unspecified atom stereocenters. The van der Waals surface area contributed by atoms with Crippen molar-refractivity contribution in [3.8, 4) is 0 Å². The van der Waals surface area contributed by atoms with Crippen molar-refractivity contribution < 1.29 is 71.4 Å². The van der Waals surface area contributed by atoms with Crippen molar-refractivity contribution in [1.82, 2.24) is 20.4 Å². The molecule has 0 bridgehead atoms. The number of halogens is 2. The van der Waals surface area contributed by atoms with E-state index < -0.39 is 63.7 Å². The van der Waals surface area contributed by atoms with E-state index in [0.29, 0.717) is 58.1 Å². The summed E-state index contributed by atoms with van der Waals surface area (Å²) >= 11 is 3.35. The number of non-ortho nitro benzene ring substituents is 2. The smallest absolute Gasteiger partial charge is 1.00 e. The number of para-hydroxylation sites is 2. The minimum atomic E-state index is -0.929. The number of nitrogens with zero attached hydrogens (tertiary/aromatic N) is 10. The zero-order valence-electron chi connectivity index (χ0n) is 28.1. The van der Waals surface area contributed by atoms with E-state index in [1.807, 2.05) is 36.4 Å². The fraction of sp³-hybridized carbons (Fsp3) is 0. The third-order valence-electron chi connectivity index (χ3n) is 6.52. The molecule has 2 aromatic heterocycles. The summed E-state index contributed by atoms with van der Waals surface area (Å²) in [6.45, 7) is 0. The van der Waals surface area contributed by atoms with Gasteiger partial charge in [0, 0.05) is 11.4 Å². The van der Waals surface area contributed by atoms with Gasteiger partial charge in [-0.1, -0.05) is 59.1 Å². The van der Waals surface area contributed by atoms with Gasteiger partial charge < -0.3 is 35.4 Å². The third kappa shape index (κ3) is 12.9. The van der Waals surface area contributed by atoms with E-state index >= 15 is 0 Å². The Labute approximate surface area is 366 Å². The van der Waals surface area contributed by atoms with E-state index in [1.54, 1.807) is 24.3 Å². The van der Waals surface area contributed by atoms with Crippen molar-refractivity contribution in [2.45, 2.75) is 18.5 Å². The average Bonchev–Trinajstić information content (AvgIpc) is 3.80. The van der Waals surface area contributed by atoms with Gasteiger partial charge >= 0.3 is 17.1 Å². The van der Waals surface area contributed by atoms with Gasteiger partial charge in [0.25, 0.3) is 34.1 Å². The number of nitro groups is 6. The topological polar surface area (TPSA) is 334 Å². The predicted octanol–water partition coefficient (Wildman–Crippen LogP) is 2.32. The molecule has 0 aliphatic heterocycles. The number of hydrogen-bond donors (Lipinski definition) is 2. The molecule has 1 radical (unpaired) electrons. The molecular weight excluding hydrogens is 959 g/mol. The predicted molar refractivity (Wildman–Crippen MR) is 200 cm³/mol. The van der Waals surface area contributed by atoms with Gasteiger partial charge in [0.15, 0.2) is 18.5 Å². The van der Waals surface area contributed by atoms with Crippen molar-refractivity contribution in [2.75, 3.05) is 10.6 Å². The number of nitrogens with one attached hydrogen (secondary N) is 2. The van der Waals surface area contributed by atoms with Gasteiger partial charge in [-0.05, 0) is 47.8 Å². The summed E-state index contributed by atoms with van der Waals surface area (Å²) in [5.74, 6) is 0. The second-order valence-electron chi connectivity index (χ2n) is 10.1. The molecule has 0 atom stereocenters. The molecule has 0 saturated heterocycles. The molecule has 6 rings (SSSR count). The minimum absolute atomic E-state index is 0. The van der Waals surface area contributed by atoms with E-state index in [9.17, 15) is 60.7 Å². The summed E-state index contributed by atoms with van der Waals surface area (Å²) in [5, 5.41) is 89.3. The summed E-state index contributed by atoms with van der Waals surface area (Å²) in [6.07, 6.45) is 0. The minimum Gasteiger partial charge on any atom is -1.00 e. The summed E-state index contributed by atoms with van der Waals surface area (Å²) in [7, 11) is 0. The van der Waals surface area contributed by atoms with Crippen LogP contribution in [0.5, 0.6) is 0 Å². The van der Waals surface area contributed by atoms with Gasteiger partial charge in [-0.25, -0.2) is 0 Å². The Morgan fingerprint density at radius 3 is 1.00 bits per heavy atom. The quantitative estimate of drug-likeness (QED) is 0.0898. The van der Waals surface area contributed by atoms with E-state index in [-0.39, 0.29) is 60.4 Å². The van der Waals surface area contributed by atoms with Crippen LogP contribution in [0.2, 0.25) is 0 Å². The maximum Gasteiger partial charge on any atom is 2.00 e. The van der Waals surface area contributed by atoms with Crippen LogP contribution >= 0.6 is 46.2 Å². The normalized spacial score (nSPS) is 9.90. The number of rotatable bonds is 14. The monoisotopic (exact) mass is 973 g/mol. The van der Waals surface area contributed by atoms with E-state index in [0.717, 1.165) is 34.0 Å². The van der Waals surface area contributed by atoms with Crippen molar-refractivity contribution in [3.63, 3.8) is 0 Å². The van der Waals surface area contributed by atoms with Crippen LogP contribution in [0.1, 0.15) is 0 Å². The molecule has 4 aromatic carbocycles. The second kappa shape index (κ2) is 22.1. The first-order valence-corrected chi connectivity index (χ1v) is 17.9.